The third-order valence-electron chi connectivity index (χ3n) is 5.55. The first-order chi connectivity index (χ1) is 13.4. The Hall–Kier alpha value is -1.56. The number of allylic oxidation sites excluding steroid dienone is 2. The molecule has 0 saturated heterocycles. The summed E-state index contributed by atoms with van der Waals surface area (Å²) in [6.07, 6.45) is 24.1. The van der Waals surface area contributed by atoms with Crippen LogP contribution >= 0.6 is 0 Å². The second-order valence-electron chi connectivity index (χ2n) is 8.02. The molecule has 0 aliphatic rings. The van der Waals surface area contributed by atoms with Gasteiger partial charge in [0.15, 0.2) is 0 Å². The zero-order valence-corrected chi connectivity index (χ0v) is 17.6. The van der Waals surface area contributed by atoms with Crippen LogP contribution in [0.3, 0.4) is 0 Å². The van der Waals surface area contributed by atoms with Crippen LogP contribution in [-0.2, 0) is 6.42 Å². The minimum atomic E-state index is 1.15. The summed E-state index contributed by atoms with van der Waals surface area (Å²) in [7, 11) is 0. The Morgan fingerprint density at radius 2 is 1.19 bits per heavy atom. The van der Waals surface area contributed by atoms with Crippen molar-refractivity contribution in [1.29, 1.82) is 0 Å². The van der Waals surface area contributed by atoms with E-state index in [1.54, 1.807) is 0 Å². The molecule has 0 heteroatoms. The molecule has 0 radical (unpaired) electrons. The van der Waals surface area contributed by atoms with Crippen LogP contribution in [0.5, 0.6) is 0 Å². The fourth-order valence-corrected chi connectivity index (χ4v) is 3.81. The molecule has 0 spiro atoms. The van der Waals surface area contributed by atoms with Crippen molar-refractivity contribution in [1.82, 2.24) is 0 Å². The third-order valence-corrected chi connectivity index (χ3v) is 5.55. The normalized spacial score (nSPS) is 11.6. The Kier molecular flexibility index (Phi) is 11.7. The summed E-state index contributed by atoms with van der Waals surface area (Å²) in [6.45, 7) is 2.29. The van der Waals surface area contributed by atoms with Crippen molar-refractivity contribution in [3.05, 3.63) is 60.2 Å². The van der Waals surface area contributed by atoms with Gasteiger partial charge in [-0.3, -0.25) is 0 Å². The largest absolute Gasteiger partial charge is 0.0885 e. The van der Waals surface area contributed by atoms with Crippen LogP contribution in [0.25, 0.3) is 10.8 Å². The Morgan fingerprint density at radius 3 is 1.89 bits per heavy atom. The predicted molar refractivity (Wildman–Crippen MR) is 122 cm³/mol. The van der Waals surface area contributed by atoms with Crippen LogP contribution in [0.4, 0.5) is 0 Å². The van der Waals surface area contributed by atoms with Gasteiger partial charge in [0.1, 0.15) is 0 Å². The SMILES string of the molecule is CCCCCCCCCCCCC/C=C/CCc1ccc2ccccc2c1. The lowest BCUT2D eigenvalue weighted by molar-refractivity contribution is 0.550. The van der Waals surface area contributed by atoms with E-state index in [0.29, 0.717) is 0 Å². The number of hydrogen-bond donors (Lipinski definition) is 0. The van der Waals surface area contributed by atoms with Crippen molar-refractivity contribution in [2.45, 2.75) is 96.8 Å². The molecule has 0 unspecified atom stereocenters. The van der Waals surface area contributed by atoms with Crippen molar-refractivity contribution in [2.75, 3.05) is 0 Å². The molecule has 0 N–H and O–H groups in total. The number of fused-ring (bicyclic) bond motifs is 1. The van der Waals surface area contributed by atoms with Gasteiger partial charge in [0.25, 0.3) is 0 Å². The molecule has 0 amide bonds. The molecular weight excluding hydrogens is 324 g/mol. The third kappa shape index (κ3) is 9.80. The summed E-state index contributed by atoms with van der Waals surface area (Å²) in [6, 6.07) is 15.5. The topological polar surface area (TPSA) is 0 Å². The standard InChI is InChI=1S/C27H40/c1-2-3-4-5-6-7-8-9-10-11-12-13-14-15-16-19-25-22-23-26-20-17-18-21-27(26)24-25/h14-15,17-18,20-24H,2-13,16,19H2,1H3/b15-14+. The predicted octanol–water partition coefficient (Wildman–Crippen LogP) is 9.03. The maximum Gasteiger partial charge on any atom is -0.0181 e. The first-order valence-corrected chi connectivity index (χ1v) is 11.5. The second-order valence-corrected chi connectivity index (χ2v) is 8.02. The summed E-state index contributed by atoms with van der Waals surface area (Å²) >= 11 is 0. The zero-order valence-electron chi connectivity index (χ0n) is 17.6. The Labute approximate surface area is 168 Å². The lowest BCUT2D eigenvalue weighted by Gasteiger charge is -2.02. The first kappa shape index (κ1) is 21.7. The van der Waals surface area contributed by atoms with Crippen LogP contribution in [0.1, 0.15) is 96.0 Å². The van der Waals surface area contributed by atoms with E-state index in [1.165, 1.54) is 93.4 Å². The van der Waals surface area contributed by atoms with E-state index >= 15 is 0 Å². The van der Waals surface area contributed by atoms with Crippen LogP contribution in [0, 0.1) is 0 Å². The quantitative estimate of drug-likeness (QED) is 0.218. The number of aryl methyl sites for hydroxylation is 1. The fourth-order valence-electron chi connectivity index (χ4n) is 3.81. The minimum Gasteiger partial charge on any atom is -0.0885 e. The van der Waals surface area contributed by atoms with Gasteiger partial charge in [-0.15, -0.1) is 0 Å². The molecule has 0 heterocycles. The number of hydrogen-bond acceptors (Lipinski definition) is 0. The molecule has 2 aromatic carbocycles. The van der Waals surface area contributed by atoms with Gasteiger partial charge in [-0.25, -0.2) is 0 Å². The van der Waals surface area contributed by atoms with Gasteiger partial charge in [-0.2, -0.15) is 0 Å². The van der Waals surface area contributed by atoms with Crippen LogP contribution < -0.4 is 0 Å². The van der Waals surface area contributed by atoms with Crippen molar-refractivity contribution in [3.8, 4) is 0 Å². The van der Waals surface area contributed by atoms with Crippen LogP contribution in [0.2, 0.25) is 0 Å². The average molecular weight is 365 g/mol. The van der Waals surface area contributed by atoms with E-state index in [-0.39, 0.29) is 0 Å². The molecule has 148 valence electrons. The minimum absolute atomic E-state index is 1.15. The highest BCUT2D eigenvalue weighted by Crippen LogP contribution is 2.17. The maximum atomic E-state index is 2.40. The Balaban J connectivity index is 1.42. The summed E-state index contributed by atoms with van der Waals surface area (Å²) in [5.41, 5.74) is 1.45. The average Bonchev–Trinajstić information content (AvgIpc) is 2.71. The second kappa shape index (κ2) is 14.5. The molecule has 2 rings (SSSR count). The van der Waals surface area contributed by atoms with Gasteiger partial charge in [0.2, 0.25) is 0 Å². The highest BCUT2D eigenvalue weighted by Gasteiger charge is 1.95. The van der Waals surface area contributed by atoms with Crippen molar-refractivity contribution in [3.63, 3.8) is 0 Å². The molecule has 0 saturated carbocycles. The van der Waals surface area contributed by atoms with E-state index in [0.717, 1.165) is 12.8 Å². The summed E-state index contributed by atoms with van der Waals surface area (Å²) in [5, 5.41) is 2.70. The van der Waals surface area contributed by atoms with Gasteiger partial charge in [-0.05, 0) is 42.0 Å². The monoisotopic (exact) mass is 364 g/mol. The smallest absolute Gasteiger partial charge is 0.0181 e. The van der Waals surface area contributed by atoms with E-state index in [1.807, 2.05) is 0 Å². The zero-order chi connectivity index (χ0) is 19.0. The molecule has 27 heavy (non-hydrogen) atoms. The molecule has 0 bridgehead atoms. The Morgan fingerprint density at radius 1 is 0.593 bits per heavy atom. The highest BCUT2D eigenvalue weighted by molar-refractivity contribution is 5.82. The van der Waals surface area contributed by atoms with Gasteiger partial charge in [0, 0.05) is 0 Å². The summed E-state index contributed by atoms with van der Waals surface area (Å²) in [5.74, 6) is 0. The molecule has 0 aromatic heterocycles. The Bertz CT molecular complexity index is 637. The molecule has 0 nitrogen and oxygen atoms in total. The highest BCUT2D eigenvalue weighted by atomic mass is 14.0. The van der Waals surface area contributed by atoms with E-state index in [2.05, 4.69) is 61.5 Å². The molecule has 0 aliphatic carbocycles. The van der Waals surface area contributed by atoms with Crippen molar-refractivity contribution < 1.29 is 0 Å². The first-order valence-electron chi connectivity index (χ1n) is 11.5. The van der Waals surface area contributed by atoms with Gasteiger partial charge < -0.3 is 0 Å². The van der Waals surface area contributed by atoms with E-state index in [4.69, 9.17) is 0 Å². The summed E-state index contributed by atoms with van der Waals surface area (Å²) in [4.78, 5) is 0. The van der Waals surface area contributed by atoms with E-state index in [9.17, 15) is 0 Å². The number of unbranched alkanes of at least 4 members (excludes halogenated alkanes) is 11. The number of benzene rings is 2. The van der Waals surface area contributed by atoms with Gasteiger partial charge in [-0.1, -0.05) is 126 Å². The van der Waals surface area contributed by atoms with Crippen LogP contribution in [-0.4, -0.2) is 0 Å². The molecule has 0 aliphatic heterocycles. The lowest BCUT2D eigenvalue weighted by atomic mass is 10.0. The lowest BCUT2D eigenvalue weighted by Crippen LogP contribution is -1.84. The van der Waals surface area contributed by atoms with Gasteiger partial charge >= 0.3 is 0 Å². The van der Waals surface area contributed by atoms with E-state index < -0.39 is 0 Å². The van der Waals surface area contributed by atoms with Crippen molar-refractivity contribution >= 4 is 10.8 Å². The summed E-state index contributed by atoms with van der Waals surface area (Å²) < 4.78 is 0. The van der Waals surface area contributed by atoms with Crippen LogP contribution in [0.15, 0.2) is 54.6 Å². The molecule has 2 aromatic rings. The molecule has 0 atom stereocenters. The number of rotatable bonds is 15. The van der Waals surface area contributed by atoms with Crippen molar-refractivity contribution in [2.24, 2.45) is 0 Å². The molecule has 0 fully saturated rings. The molecular formula is C27H40. The fraction of sp³-hybridized carbons (Fsp3) is 0.556. The van der Waals surface area contributed by atoms with Gasteiger partial charge in [0.05, 0.1) is 0 Å². The maximum absolute atomic E-state index is 2.40.